The summed E-state index contributed by atoms with van der Waals surface area (Å²) in [6.45, 7) is 1.06. The van der Waals surface area contributed by atoms with Crippen LogP contribution in [0.2, 0.25) is 0 Å². The van der Waals surface area contributed by atoms with Gasteiger partial charge in [0.1, 0.15) is 9.84 Å². The molecular weight excluding hydrogens is 218 g/mol. The summed E-state index contributed by atoms with van der Waals surface area (Å²) in [7, 11) is -2.85. The summed E-state index contributed by atoms with van der Waals surface area (Å²) in [5.74, 6) is 0.445. The highest BCUT2D eigenvalue weighted by Gasteiger charge is 2.43. The third-order valence-electron chi connectivity index (χ3n) is 3.60. The van der Waals surface area contributed by atoms with Crippen LogP contribution in [-0.2, 0) is 9.84 Å². The molecule has 0 bridgehead atoms. The van der Waals surface area contributed by atoms with E-state index in [9.17, 15) is 13.2 Å². The minimum absolute atomic E-state index is 0.0519. The predicted octanol–water partition coefficient (Wildman–Crippen LogP) is 0.565. The maximum Gasteiger partial charge on any atom is 0.407 e. The molecule has 2 aliphatic rings. The highest BCUT2D eigenvalue weighted by molar-refractivity contribution is 7.91. The Labute approximate surface area is 89.0 Å². The number of amides is 1. The van der Waals surface area contributed by atoms with Gasteiger partial charge in [-0.05, 0) is 24.7 Å². The van der Waals surface area contributed by atoms with E-state index in [2.05, 4.69) is 0 Å². The number of hydrogen-bond donors (Lipinski definition) is 1. The van der Waals surface area contributed by atoms with E-state index in [1.165, 1.54) is 4.90 Å². The Morgan fingerprint density at radius 2 is 1.80 bits per heavy atom. The topological polar surface area (TPSA) is 74.7 Å². The average molecular weight is 233 g/mol. The molecule has 0 aromatic heterocycles. The van der Waals surface area contributed by atoms with Gasteiger partial charge in [-0.15, -0.1) is 0 Å². The SMILES string of the molecule is O=C(O)N1CCC2(CCS(=O)(=O)CC2)C1. The monoisotopic (exact) mass is 233 g/mol. The van der Waals surface area contributed by atoms with Gasteiger partial charge >= 0.3 is 6.09 Å². The van der Waals surface area contributed by atoms with Crippen molar-refractivity contribution in [1.82, 2.24) is 4.90 Å². The van der Waals surface area contributed by atoms with Gasteiger partial charge in [0.25, 0.3) is 0 Å². The number of sulfone groups is 1. The lowest BCUT2D eigenvalue weighted by atomic mass is 9.81. The van der Waals surface area contributed by atoms with Gasteiger partial charge in [0.2, 0.25) is 0 Å². The first kappa shape index (κ1) is 10.7. The lowest BCUT2D eigenvalue weighted by Crippen LogP contribution is -2.37. The quantitative estimate of drug-likeness (QED) is 0.663. The van der Waals surface area contributed by atoms with E-state index in [0.29, 0.717) is 25.9 Å². The Morgan fingerprint density at radius 3 is 2.27 bits per heavy atom. The van der Waals surface area contributed by atoms with Crippen LogP contribution in [0.4, 0.5) is 4.79 Å². The summed E-state index contributed by atoms with van der Waals surface area (Å²) in [4.78, 5) is 12.2. The molecule has 0 radical (unpaired) electrons. The zero-order valence-corrected chi connectivity index (χ0v) is 9.29. The second-order valence-corrected chi connectivity index (χ2v) is 6.91. The van der Waals surface area contributed by atoms with Crippen LogP contribution < -0.4 is 0 Å². The number of nitrogens with zero attached hydrogens (tertiary/aromatic N) is 1. The molecular formula is C9H15NO4S. The van der Waals surface area contributed by atoms with Gasteiger partial charge in [0.05, 0.1) is 11.5 Å². The van der Waals surface area contributed by atoms with Gasteiger partial charge < -0.3 is 10.0 Å². The van der Waals surface area contributed by atoms with Crippen molar-refractivity contribution in [1.29, 1.82) is 0 Å². The fourth-order valence-electron chi connectivity index (χ4n) is 2.48. The molecule has 0 saturated carbocycles. The van der Waals surface area contributed by atoms with Crippen LogP contribution in [0.1, 0.15) is 19.3 Å². The van der Waals surface area contributed by atoms with Crippen LogP contribution in [0.3, 0.4) is 0 Å². The molecule has 1 amide bonds. The van der Waals surface area contributed by atoms with Crippen molar-refractivity contribution in [2.45, 2.75) is 19.3 Å². The van der Waals surface area contributed by atoms with Gasteiger partial charge in [-0.1, -0.05) is 0 Å². The highest BCUT2D eigenvalue weighted by atomic mass is 32.2. The van der Waals surface area contributed by atoms with Crippen molar-refractivity contribution in [3.63, 3.8) is 0 Å². The molecule has 5 nitrogen and oxygen atoms in total. The molecule has 1 N–H and O–H groups in total. The number of carboxylic acid groups (broad SMARTS) is 1. The first-order chi connectivity index (χ1) is 6.93. The minimum Gasteiger partial charge on any atom is -0.465 e. The Balaban J connectivity index is 2.04. The summed E-state index contributed by atoms with van der Waals surface area (Å²) >= 11 is 0. The first-order valence-electron chi connectivity index (χ1n) is 5.11. The van der Waals surface area contributed by atoms with Gasteiger partial charge in [-0.25, -0.2) is 13.2 Å². The molecule has 1 spiro atoms. The standard InChI is InChI=1S/C9H15NO4S/c11-8(12)10-4-1-9(7-10)2-5-15(13,14)6-3-9/h1-7H2,(H,11,12). The zero-order valence-electron chi connectivity index (χ0n) is 8.48. The van der Waals surface area contributed by atoms with Crippen molar-refractivity contribution in [2.75, 3.05) is 24.6 Å². The molecule has 0 aliphatic carbocycles. The molecule has 2 aliphatic heterocycles. The molecule has 0 aromatic carbocycles. The molecule has 86 valence electrons. The van der Waals surface area contributed by atoms with E-state index in [1.54, 1.807) is 0 Å². The van der Waals surface area contributed by atoms with Crippen molar-refractivity contribution >= 4 is 15.9 Å². The van der Waals surface area contributed by atoms with Crippen LogP contribution in [0.15, 0.2) is 0 Å². The molecule has 2 rings (SSSR count). The van der Waals surface area contributed by atoms with E-state index in [-0.39, 0.29) is 16.9 Å². The predicted molar refractivity (Wildman–Crippen MR) is 54.5 cm³/mol. The number of carbonyl (C=O) groups is 1. The maximum absolute atomic E-state index is 11.3. The lowest BCUT2D eigenvalue weighted by molar-refractivity contribution is 0.147. The number of likely N-dealkylation sites (tertiary alicyclic amines) is 1. The van der Waals surface area contributed by atoms with E-state index >= 15 is 0 Å². The summed E-state index contributed by atoms with van der Waals surface area (Å²) in [5.41, 5.74) is -0.0519. The van der Waals surface area contributed by atoms with Gasteiger partial charge in [0, 0.05) is 13.1 Å². The molecule has 0 atom stereocenters. The summed E-state index contributed by atoms with van der Waals surface area (Å²) in [5, 5.41) is 8.84. The third-order valence-corrected chi connectivity index (χ3v) is 5.25. The van der Waals surface area contributed by atoms with Crippen molar-refractivity contribution in [3.05, 3.63) is 0 Å². The molecule has 6 heteroatoms. The Morgan fingerprint density at radius 1 is 1.20 bits per heavy atom. The average Bonchev–Trinajstić information content (AvgIpc) is 2.56. The molecule has 2 fully saturated rings. The Bertz CT molecular complexity index is 362. The minimum atomic E-state index is -2.85. The molecule has 0 unspecified atom stereocenters. The van der Waals surface area contributed by atoms with Crippen LogP contribution in [0.5, 0.6) is 0 Å². The number of rotatable bonds is 0. The fourth-order valence-corrected chi connectivity index (χ4v) is 4.17. The highest BCUT2D eigenvalue weighted by Crippen LogP contribution is 2.40. The third kappa shape index (κ3) is 2.09. The first-order valence-corrected chi connectivity index (χ1v) is 6.93. The van der Waals surface area contributed by atoms with Crippen molar-refractivity contribution in [2.24, 2.45) is 5.41 Å². The van der Waals surface area contributed by atoms with Crippen molar-refractivity contribution < 1.29 is 18.3 Å². The van der Waals surface area contributed by atoms with E-state index in [4.69, 9.17) is 5.11 Å². The maximum atomic E-state index is 11.3. The fraction of sp³-hybridized carbons (Fsp3) is 0.889. The molecule has 0 aromatic rings. The Hall–Kier alpha value is -0.780. The van der Waals surface area contributed by atoms with Gasteiger partial charge in [0.15, 0.2) is 0 Å². The lowest BCUT2D eigenvalue weighted by Gasteiger charge is -2.32. The van der Waals surface area contributed by atoms with Crippen LogP contribution in [-0.4, -0.2) is 49.1 Å². The summed E-state index contributed by atoms with van der Waals surface area (Å²) < 4.78 is 22.6. The Kier molecular flexibility index (Phi) is 2.41. The second kappa shape index (κ2) is 3.37. The van der Waals surface area contributed by atoms with Crippen LogP contribution in [0.25, 0.3) is 0 Å². The van der Waals surface area contributed by atoms with E-state index in [0.717, 1.165) is 6.42 Å². The normalized spacial score (nSPS) is 28.1. The van der Waals surface area contributed by atoms with Gasteiger partial charge in [-0.2, -0.15) is 0 Å². The van der Waals surface area contributed by atoms with Crippen LogP contribution >= 0.6 is 0 Å². The molecule has 15 heavy (non-hydrogen) atoms. The smallest absolute Gasteiger partial charge is 0.407 e. The van der Waals surface area contributed by atoms with E-state index in [1.807, 2.05) is 0 Å². The summed E-state index contributed by atoms with van der Waals surface area (Å²) in [6.07, 6.45) is 1.17. The van der Waals surface area contributed by atoms with Gasteiger partial charge in [-0.3, -0.25) is 0 Å². The number of hydrogen-bond acceptors (Lipinski definition) is 3. The van der Waals surface area contributed by atoms with Crippen molar-refractivity contribution in [3.8, 4) is 0 Å². The largest absolute Gasteiger partial charge is 0.465 e. The molecule has 2 heterocycles. The zero-order chi connectivity index (χ0) is 11.1. The summed E-state index contributed by atoms with van der Waals surface area (Å²) in [6, 6.07) is 0. The van der Waals surface area contributed by atoms with E-state index < -0.39 is 15.9 Å². The second-order valence-electron chi connectivity index (χ2n) is 4.61. The van der Waals surface area contributed by atoms with Crippen LogP contribution in [0, 0.1) is 5.41 Å². The molecule has 2 saturated heterocycles.